The first-order chi connectivity index (χ1) is 19.4. The molecule has 0 N–H and O–H groups in total. The monoisotopic (exact) mass is 651 g/mol. The van der Waals surface area contributed by atoms with Gasteiger partial charge in [0, 0.05) is 39.3 Å². The summed E-state index contributed by atoms with van der Waals surface area (Å²) in [6, 6.07) is 0. The molecule has 6 nitrogen and oxygen atoms in total. The fourth-order valence-electron chi connectivity index (χ4n) is 3.96. The van der Waals surface area contributed by atoms with Crippen molar-refractivity contribution >= 4 is 51.0 Å². The molecule has 0 aliphatic rings. The van der Waals surface area contributed by atoms with E-state index in [9.17, 15) is 14.4 Å². The van der Waals surface area contributed by atoms with Crippen LogP contribution in [0.15, 0.2) is 0 Å². The molecule has 0 aromatic rings. The van der Waals surface area contributed by atoms with Gasteiger partial charge in [-0.15, -0.1) is 0 Å². The first-order valence-corrected chi connectivity index (χ1v) is 19.1. The minimum absolute atomic E-state index is 0.231. The topological polar surface area (TPSA) is 60.9 Å². The number of amides is 3. The average Bonchev–Trinajstić information content (AvgIpc) is 2.82. The van der Waals surface area contributed by atoms with Crippen LogP contribution in [0.1, 0.15) is 104 Å². The molecule has 0 fully saturated rings. The second-order valence-corrected chi connectivity index (χ2v) is 16.8. The maximum Gasteiger partial charge on any atom is 0.281 e. The van der Waals surface area contributed by atoms with Gasteiger partial charge in [-0.25, -0.2) is 0 Å². The lowest BCUT2D eigenvalue weighted by molar-refractivity contribution is 0.207. The van der Waals surface area contributed by atoms with Gasteiger partial charge in [-0.3, -0.25) is 14.4 Å². The molecule has 0 aliphatic carbocycles. The van der Waals surface area contributed by atoms with Crippen LogP contribution in [0.3, 0.4) is 0 Å². The smallest absolute Gasteiger partial charge is 0.281 e. The summed E-state index contributed by atoms with van der Waals surface area (Å²) in [5.74, 6) is 5.91. The van der Waals surface area contributed by atoms with Crippen LogP contribution in [-0.4, -0.2) is 86.9 Å². The van der Waals surface area contributed by atoms with Crippen LogP contribution in [0.25, 0.3) is 0 Å². The van der Waals surface area contributed by atoms with Crippen LogP contribution in [0.4, 0.5) is 14.4 Å². The lowest BCUT2D eigenvalue weighted by Crippen LogP contribution is -2.34. The largest absolute Gasteiger partial charge is 0.333 e. The van der Waals surface area contributed by atoms with Crippen molar-refractivity contribution in [2.24, 2.45) is 35.5 Å². The van der Waals surface area contributed by atoms with Crippen molar-refractivity contribution in [1.29, 1.82) is 0 Å². The van der Waals surface area contributed by atoms with E-state index in [4.69, 9.17) is 0 Å². The third-order valence-corrected chi connectivity index (χ3v) is 7.47. The zero-order chi connectivity index (χ0) is 33.4. The number of nitrogens with zero attached hydrogens (tertiary/aromatic N) is 3. The zero-order valence-electron chi connectivity index (χ0n) is 30.1. The number of carbonyl (C=O) groups excluding carboxylic acids is 3. The fraction of sp³-hybridized carbons (Fsp3) is 0.909. The van der Waals surface area contributed by atoms with Crippen LogP contribution >= 0.6 is 35.3 Å². The zero-order valence-corrected chi connectivity index (χ0v) is 32.6. The summed E-state index contributed by atoms with van der Waals surface area (Å²) in [6.45, 7) is 37.1. The van der Waals surface area contributed by atoms with Crippen LogP contribution in [-0.2, 0) is 0 Å². The molecule has 3 amide bonds. The van der Waals surface area contributed by atoms with Crippen molar-refractivity contribution < 1.29 is 14.4 Å². The van der Waals surface area contributed by atoms with Gasteiger partial charge in [-0.2, -0.15) is 0 Å². The minimum Gasteiger partial charge on any atom is -0.333 e. The number of rotatable bonds is 15. The Morgan fingerprint density at radius 3 is 0.619 bits per heavy atom. The van der Waals surface area contributed by atoms with Gasteiger partial charge in [0.2, 0.25) is 0 Å². The molecule has 0 aliphatic heterocycles. The van der Waals surface area contributed by atoms with E-state index in [1.54, 1.807) is 0 Å². The highest BCUT2D eigenvalue weighted by Crippen LogP contribution is 2.15. The molecular weight excluding hydrogens is 583 g/mol. The second kappa shape index (κ2) is 28.0. The molecule has 42 heavy (non-hydrogen) atoms. The molecule has 252 valence electrons. The van der Waals surface area contributed by atoms with Gasteiger partial charge < -0.3 is 14.7 Å². The Morgan fingerprint density at radius 2 is 0.524 bits per heavy atom. The molecule has 0 saturated carbocycles. The maximum atomic E-state index is 11.7. The van der Waals surface area contributed by atoms with E-state index >= 15 is 0 Å². The van der Waals surface area contributed by atoms with Crippen LogP contribution in [0.2, 0.25) is 0 Å². The van der Waals surface area contributed by atoms with Crippen molar-refractivity contribution in [1.82, 2.24) is 14.7 Å². The Morgan fingerprint density at radius 1 is 0.381 bits per heavy atom. The van der Waals surface area contributed by atoms with E-state index in [-0.39, 0.29) is 15.7 Å². The predicted molar refractivity (Wildman–Crippen MR) is 194 cm³/mol. The molecule has 0 aromatic carbocycles. The van der Waals surface area contributed by atoms with Crippen LogP contribution in [0, 0.1) is 35.5 Å². The van der Waals surface area contributed by atoms with Gasteiger partial charge in [0.25, 0.3) is 15.7 Å². The van der Waals surface area contributed by atoms with E-state index in [1.807, 2.05) is 35.5 Å². The van der Waals surface area contributed by atoms with Crippen molar-refractivity contribution in [3.8, 4) is 0 Å². The summed E-state index contributed by atoms with van der Waals surface area (Å²) in [5.41, 5.74) is 0. The summed E-state index contributed by atoms with van der Waals surface area (Å²) in [6.07, 6.45) is 0. The Balaban J connectivity index is -0.000000543. The van der Waals surface area contributed by atoms with Gasteiger partial charge in [0.15, 0.2) is 0 Å². The Bertz CT molecular complexity index is 566. The van der Waals surface area contributed by atoms with E-state index in [0.717, 1.165) is 56.5 Å². The maximum absolute atomic E-state index is 11.7. The molecule has 0 saturated heterocycles. The molecule has 0 rings (SSSR count). The minimum atomic E-state index is 0.231. The molecule has 0 aromatic heterocycles. The van der Waals surface area contributed by atoms with Gasteiger partial charge >= 0.3 is 0 Å². The quantitative estimate of drug-likeness (QED) is 0.176. The van der Waals surface area contributed by atoms with Gasteiger partial charge in [-0.05, 0) is 52.8 Å². The lowest BCUT2D eigenvalue weighted by Gasteiger charge is -2.25. The van der Waals surface area contributed by atoms with Crippen molar-refractivity contribution in [3.63, 3.8) is 0 Å². The molecule has 0 atom stereocenters. The number of carbonyl (C=O) groups is 3. The van der Waals surface area contributed by atoms with Gasteiger partial charge in [0.05, 0.1) is 0 Å². The third-order valence-electron chi connectivity index (χ3n) is 5.09. The standard InChI is InChI=1S/3C11H23NOS/c3*1-6-14-11(13)12(7-9(2)3)8-10(4)5/h3*9-10H,6-8H2,1-5H3. The van der Waals surface area contributed by atoms with Crippen LogP contribution in [0.5, 0.6) is 0 Å². The van der Waals surface area contributed by atoms with Gasteiger partial charge in [-0.1, -0.05) is 139 Å². The molecular formula is C33H69N3O3S3. The highest BCUT2D eigenvalue weighted by molar-refractivity contribution is 8.13. The molecule has 9 heteroatoms. The molecule has 0 radical (unpaired) electrons. The Kier molecular flexibility index (Phi) is 30.6. The molecule has 0 heterocycles. The van der Waals surface area contributed by atoms with Crippen molar-refractivity contribution in [2.75, 3.05) is 56.5 Å². The van der Waals surface area contributed by atoms with Crippen molar-refractivity contribution in [2.45, 2.75) is 104 Å². The molecule has 0 spiro atoms. The van der Waals surface area contributed by atoms with E-state index < -0.39 is 0 Å². The third kappa shape index (κ3) is 29.5. The summed E-state index contributed by atoms with van der Waals surface area (Å²) < 4.78 is 0. The second-order valence-electron chi connectivity index (χ2n) is 13.2. The summed E-state index contributed by atoms with van der Waals surface area (Å²) in [7, 11) is 0. The Labute approximate surface area is 275 Å². The van der Waals surface area contributed by atoms with E-state index in [0.29, 0.717) is 35.5 Å². The van der Waals surface area contributed by atoms with Crippen LogP contribution < -0.4 is 0 Å². The Hall–Kier alpha value is -0.540. The van der Waals surface area contributed by atoms with Gasteiger partial charge in [0.1, 0.15) is 0 Å². The number of hydrogen-bond acceptors (Lipinski definition) is 6. The first-order valence-electron chi connectivity index (χ1n) is 16.2. The normalized spacial score (nSPS) is 11.1. The van der Waals surface area contributed by atoms with E-state index in [1.165, 1.54) is 35.3 Å². The van der Waals surface area contributed by atoms with Crippen molar-refractivity contribution in [3.05, 3.63) is 0 Å². The first kappa shape index (κ1) is 45.9. The summed E-state index contributed by atoms with van der Waals surface area (Å²) >= 11 is 4.23. The summed E-state index contributed by atoms with van der Waals surface area (Å²) in [4.78, 5) is 41.0. The predicted octanol–water partition coefficient (Wildman–Crippen LogP) is 10.4. The highest BCUT2D eigenvalue weighted by atomic mass is 32.2. The fourth-order valence-corrected chi connectivity index (χ4v) is 5.70. The molecule has 0 bridgehead atoms. The SMILES string of the molecule is CCSC(=O)N(CC(C)C)CC(C)C.CCSC(=O)N(CC(C)C)CC(C)C.CCSC(=O)N(CC(C)C)CC(C)C. The van der Waals surface area contributed by atoms with E-state index in [2.05, 4.69) is 83.1 Å². The number of thioether (sulfide) groups is 3. The molecule has 0 unspecified atom stereocenters. The number of hydrogen-bond donors (Lipinski definition) is 0. The summed E-state index contributed by atoms with van der Waals surface area (Å²) in [5, 5.41) is 0.694. The highest BCUT2D eigenvalue weighted by Gasteiger charge is 2.17. The lowest BCUT2D eigenvalue weighted by atomic mass is 10.1. The average molecular weight is 652 g/mol.